The van der Waals surface area contributed by atoms with Crippen LogP contribution in [0, 0.1) is 6.92 Å². The Morgan fingerprint density at radius 3 is 2.31 bits per heavy atom. The molecular weight excluding hydrogens is 350 g/mol. The van der Waals surface area contributed by atoms with Gasteiger partial charge in [0.25, 0.3) is 5.52 Å². The summed E-state index contributed by atoms with van der Waals surface area (Å²) in [6.45, 7) is 1.82. The third kappa shape index (κ3) is 3.79. The second kappa shape index (κ2) is 7.07. The molecule has 0 fully saturated rings. The van der Waals surface area contributed by atoms with Crippen molar-refractivity contribution in [3.8, 4) is 0 Å². The van der Waals surface area contributed by atoms with Gasteiger partial charge in [-0.05, 0) is 37.3 Å². The molecule has 0 radical (unpaired) electrons. The standard InChI is InChI=1S/C12H10N3.C7H8O3S/c13-15-8-2-4-10-6-5-9-3-1-7-14-11(9)12(10)15;1-6-2-4-7(5-3-6)11(8,9)10/h1-8H,13H2;2-5H,1H3,(H,8,9,10)/q+1;/p-1. The zero-order chi connectivity index (χ0) is 18.7. The zero-order valence-corrected chi connectivity index (χ0v) is 14.8. The number of aryl methyl sites for hydroxylation is 1. The molecule has 4 aromatic rings. The monoisotopic (exact) mass is 367 g/mol. The molecule has 0 bridgehead atoms. The lowest BCUT2D eigenvalue weighted by Crippen LogP contribution is -2.44. The molecule has 7 heteroatoms. The van der Waals surface area contributed by atoms with Crippen LogP contribution < -0.4 is 10.5 Å². The van der Waals surface area contributed by atoms with Crippen molar-refractivity contribution >= 4 is 31.9 Å². The Morgan fingerprint density at radius 1 is 0.962 bits per heavy atom. The van der Waals surface area contributed by atoms with Gasteiger partial charge in [-0.15, -0.1) is 0 Å². The molecular formula is C19H17N3O3S. The van der Waals surface area contributed by atoms with Crippen LogP contribution in [0.1, 0.15) is 5.56 Å². The molecule has 2 N–H and O–H groups in total. The molecule has 2 heterocycles. The van der Waals surface area contributed by atoms with Crippen molar-refractivity contribution in [2.24, 2.45) is 0 Å². The predicted octanol–water partition coefficient (Wildman–Crippen LogP) is 2.29. The molecule has 0 amide bonds. The van der Waals surface area contributed by atoms with E-state index in [1.165, 1.54) is 12.1 Å². The molecule has 0 unspecified atom stereocenters. The predicted molar refractivity (Wildman–Crippen MR) is 98.7 cm³/mol. The van der Waals surface area contributed by atoms with Crippen LogP contribution in [-0.4, -0.2) is 18.0 Å². The van der Waals surface area contributed by atoms with E-state index >= 15 is 0 Å². The maximum atomic E-state index is 10.4. The highest BCUT2D eigenvalue weighted by atomic mass is 32.2. The van der Waals surface area contributed by atoms with E-state index in [1.807, 2.05) is 37.4 Å². The Hall–Kier alpha value is -3.03. The summed E-state index contributed by atoms with van der Waals surface area (Å²) in [5.41, 5.74) is 2.84. The van der Waals surface area contributed by atoms with Crippen LogP contribution in [-0.2, 0) is 10.1 Å². The Bertz CT molecular complexity index is 1170. The van der Waals surface area contributed by atoms with Gasteiger partial charge in [0.2, 0.25) is 0 Å². The number of rotatable bonds is 1. The summed E-state index contributed by atoms with van der Waals surface area (Å²) in [6, 6.07) is 17.8. The second-order valence-corrected chi connectivity index (χ2v) is 7.14. The fraction of sp³-hybridized carbons (Fsp3) is 0.0526. The van der Waals surface area contributed by atoms with Crippen molar-refractivity contribution in [1.82, 2.24) is 4.98 Å². The third-order valence-electron chi connectivity index (χ3n) is 3.87. The number of pyridine rings is 2. The van der Waals surface area contributed by atoms with E-state index < -0.39 is 10.1 Å². The van der Waals surface area contributed by atoms with Crippen LogP contribution in [0.25, 0.3) is 21.8 Å². The number of hydrogen-bond donors (Lipinski definition) is 1. The minimum absolute atomic E-state index is 0.178. The maximum Gasteiger partial charge on any atom is 0.268 e. The molecule has 2 aromatic carbocycles. The van der Waals surface area contributed by atoms with Gasteiger partial charge in [0, 0.05) is 17.6 Å². The SMILES string of the molecule is Cc1ccc(S(=O)(=O)[O-])cc1.N[n+]1cccc2ccc3cccnc3c21. The second-order valence-electron chi connectivity index (χ2n) is 5.76. The molecule has 132 valence electrons. The van der Waals surface area contributed by atoms with Crippen molar-refractivity contribution in [3.63, 3.8) is 0 Å². The summed E-state index contributed by atoms with van der Waals surface area (Å²) in [5, 5.41) is 2.21. The normalized spacial score (nSPS) is 11.2. The fourth-order valence-corrected chi connectivity index (χ4v) is 3.04. The molecule has 0 spiro atoms. The lowest BCUT2D eigenvalue weighted by molar-refractivity contribution is -0.610. The Balaban J connectivity index is 0.000000160. The van der Waals surface area contributed by atoms with Gasteiger partial charge in [-0.3, -0.25) is 0 Å². The van der Waals surface area contributed by atoms with E-state index in [9.17, 15) is 13.0 Å². The summed E-state index contributed by atoms with van der Waals surface area (Å²) in [5.74, 6) is 5.90. The summed E-state index contributed by atoms with van der Waals surface area (Å²) >= 11 is 0. The first-order valence-corrected chi connectivity index (χ1v) is 9.23. The van der Waals surface area contributed by atoms with Gasteiger partial charge in [-0.2, -0.15) is 0 Å². The van der Waals surface area contributed by atoms with E-state index in [2.05, 4.69) is 17.1 Å². The molecule has 0 aliphatic heterocycles. The van der Waals surface area contributed by atoms with Gasteiger partial charge in [-0.1, -0.05) is 34.5 Å². The number of hydrogen-bond acceptors (Lipinski definition) is 5. The van der Waals surface area contributed by atoms with E-state index in [-0.39, 0.29) is 4.90 Å². The molecule has 0 aliphatic rings. The third-order valence-corrected chi connectivity index (χ3v) is 4.72. The summed E-state index contributed by atoms with van der Waals surface area (Å²) < 4.78 is 32.8. The number of aromatic nitrogens is 2. The van der Waals surface area contributed by atoms with Crippen molar-refractivity contribution in [2.75, 3.05) is 5.84 Å². The lowest BCUT2D eigenvalue weighted by atomic mass is 10.1. The van der Waals surface area contributed by atoms with E-state index in [1.54, 1.807) is 23.0 Å². The Kier molecular flexibility index (Phi) is 4.83. The summed E-state index contributed by atoms with van der Waals surface area (Å²) in [4.78, 5) is 4.19. The quantitative estimate of drug-likeness (QED) is 0.241. The first-order valence-electron chi connectivity index (χ1n) is 7.82. The smallest absolute Gasteiger partial charge is 0.268 e. The van der Waals surface area contributed by atoms with Crippen LogP contribution in [0.4, 0.5) is 0 Å². The molecule has 26 heavy (non-hydrogen) atoms. The lowest BCUT2D eigenvalue weighted by Gasteiger charge is -2.05. The zero-order valence-electron chi connectivity index (χ0n) is 14.0. The highest BCUT2D eigenvalue weighted by Gasteiger charge is 2.10. The number of benzene rings is 2. The number of nitrogen functional groups attached to an aromatic ring is 1. The topological polar surface area (TPSA) is 100.0 Å². The first kappa shape index (κ1) is 17.8. The van der Waals surface area contributed by atoms with Crippen LogP contribution in [0.15, 0.2) is 78.0 Å². The van der Waals surface area contributed by atoms with Crippen molar-refractivity contribution < 1.29 is 17.6 Å². The summed E-state index contributed by atoms with van der Waals surface area (Å²) in [6.07, 6.45) is 3.62. The maximum absolute atomic E-state index is 10.4. The van der Waals surface area contributed by atoms with E-state index in [0.717, 1.165) is 27.4 Å². The minimum Gasteiger partial charge on any atom is -0.744 e. The average Bonchev–Trinajstić information content (AvgIpc) is 2.62. The average molecular weight is 367 g/mol. The van der Waals surface area contributed by atoms with Gasteiger partial charge >= 0.3 is 0 Å². The first-order chi connectivity index (χ1) is 12.4. The largest absolute Gasteiger partial charge is 0.744 e. The van der Waals surface area contributed by atoms with Crippen LogP contribution in [0.3, 0.4) is 0 Å². The van der Waals surface area contributed by atoms with E-state index in [4.69, 9.17) is 5.84 Å². The number of nitrogens with zero attached hydrogens (tertiary/aromatic N) is 2. The van der Waals surface area contributed by atoms with Crippen molar-refractivity contribution in [3.05, 3.63) is 78.6 Å². The van der Waals surface area contributed by atoms with Crippen LogP contribution in [0.5, 0.6) is 0 Å². The van der Waals surface area contributed by atoms with Gasteiger partial charge in [0.15, 0.2) is 6.20 Å². The van der Waals surface area contributed by atoms with Crippen molar-refractivity contribution in [1.29, 1.82) is 0 Å². The van der Waals surface area contributed by atoms with Crippen molar-refractivity contribution in [2.45, 2.75) is 11.8 Å². The molecule has 6 nitrogen and oxygen atoms in total. The van der Waals surface area contributed by atoms with Gasteiger partial charge in [0.1, 0.15) is 15.6 Å². The highest BCUT2D eigenvalue weighted by molar-refractivity contribution is 7.85. The molecule has 0 saturated carbocycles. The molecule has 0 aliphatic carbocycles. The molecule has 0 saturated heterocycles. The minimum atomic E-state index is -4.27. The Morgan fingerprint density at radius 2 is 1.62 bits per heavy atom. The van der Waals surface area contributed by atoms with Crippen LogP contribution in [0.2, 0.25) is 0 Å². The molecule has 2 aromatic heterocycles. The molecule has 4 rings (SSSR count). The van der Waals surface area contributed by atoms with E-state index in [0.29, 0.717) is 0 Å². The van der Waals surface area contributed by atoms with Gasteiger partial charge < -0.3 is 4.55 Å². The summed E-state index contributed by atoms with van der Waals surface area (Å²) in [7, 11) is -4.27. The van der Waals surface area contributed by atoms with Gasteiger partial charge in [0.05, 0.1) is 10.3 Å². The molecule has 0 atom stereocenters. The number of fused-ring (bicyclic) bond motifs is 3. The highest BCUT2D eigenvalue weighted by Crippen LogP contribution is 2.19. The van der Waals surface area contributed by atoms with Crippen LogP contribution >= 0.6 is 0 Å². The van der Waals surface area contributed by atoms with Gasteiger partial charge in [-0.25, -0.2) is 19.2 Å². The number of nitrogens with two attached hydrogens (primary N) is 1. The fourth-order valence-electron chi connectivity index (χ4n) is 2.57. The Labute approximate surface area is 151 Å².